The van der Waals surface area contributed by atoms with Crippen LogP contribution in [0.3, 0.4) is 0 Å². The first kappa shape index (κ1) is 15.2. The Hall–Kier alpha value is -1.67. The quantitative estimate of drug-likeness (QED) is 0.493. The molecule has 116 valence electrons. The van der Waals surface area contributed by atoms with Gasteiger partial charge in [0.2, 0.25) is 0 Å². The van der Waals surface area contributed by atoms with Crippen LogP contribution in [0.5, 0.6) is 0 Å². The smallest absolute Gasteiger partial charge is 0.317 e. The normalized spacial score (nSPS) is 15.5. The van der Waals surface area contributed by atoms with Crippen molar-refractivity contribution in [3.63, 3.8) is 0 Å². The molecule has 2 aromatic heterocycles. The van der Waals surface area contributed by atoms with E-state index in [0.717, 1.165) is 28.1 Å². The first-order valence-corrected chi connectivity index (χ1v) is 8.81. The molecule has 1 atom stereocenters. The Balaban J connectivity index is 1.51. The molecule has 1 aliphatic carbocycles. The van der Waals surface area contributed by atoms with Gasteiger partial charge in [-0.2, -0.15) is 0 Å². The molecule has 0 aromatic carbocycles. The molecule has 2 heterocycles. The Morgan fingerprint density at radius 3 is 3.09 bits per heavy atom. The summed E-state index contributed by atoms with van der Waals surface area (Å²) in [6.45, 7) is 1.59. The number of thioether (sulfide) groups is 1. The van der Waals surface area contributed by atoms with Gasteiger partial charge in [-0.1, -0.05) is 11.8 Å². The lowest BCUT2D eigenvalue weighted by Crippen LogP contribution is -2.37. The minimum absolute atomic E-state index is 0.114. The third kappa shape index (κ3) is 3.75. The van der Waals surface area contributed by atoms with E-state index in [9.17, 15) is 9.59 Å². The topological polar surface area (TPSA) is 81.2 Å². The van der Waals surface area contributed by atoms with Crippen LogP contribution in [0, 0.1) is 0 Å². The molecule has 2 aromatic rings. The number of carbonyl (C=O) groups excluding carboxylic acids is 2. The molecule has 0 radical (unpaired) electrons. The van der Waals surface area contributed by atoms with E-state index in [2.05, 4.69) is 15.3 Å². The molecule has 0 saturated heterocycles. The van der Waals surface area contributed by atoms with Gasteiger partial charge in [0.1, 0.15) is 16.2 Å². The molecule has 1 amide bonds. The molecule has 1 N–H and O–H groups in total. The second-order valence-corrected chi connectivity index (χ2v) is 6.88. The Morgan fingerprint density at radius 2 is 2.32 bits per heavy atom. The van der Waals surface area contributed by atoms with Gasteiger partial charge in [-0.05, 0) is 31.2 Å². The first-order chi connectivity index (χ1) is 10.6. The van der Waals surface area contributed by atoms with Crippen molar-refractivity contribution in [1.29, 1.82) is 0 Å². The van der Waals surface area contributed by atoms with Crippen LogP contribution in [0.1, 0.15) is 19.8 Å². The van der Waals surface area contributed by atoms with E-state index < -0.39 is 12.1 Å². The third-order valence-electron chi connectivity index (χ3n) is 3.15. The van der Waals surface area contributed by atoms with Crippen molar-refractivity contribution in [2.24, 2.45) is 0 Å². The fourth-order valence-corrected chi connectivity index (χ4v) is 3.40. The van der Waals surface area contributed by atoms with Crippen molar-refractivity contribution < 1.29 is 14.3 Å². The maximum Gasteiger partial charge on any atom is 0.317 e. The largest absolute Gasteiger partial charge is 0.452 e. The van der Waals surface area contributed by atoms with Crippen LogP contribution >= 0.6 is 23.1 Å². The molecule has 0 bridgehead atoms. The highest BCUT2D eigenvalue weighted by molar-refractivity contribution is 8.00. The molecular formula is C14H15N3O3S2. The lowest BCUT2D eigenvalue weighted by molar-refractivity contribution is -0.152. The minimum Gasteiger partial charge on any atom is -0.452 e. The van der Waals surface area contributed by atoms with Crippen LogP contribution in [-0.4, -0.2) is 39.7 Å². The predicted octanol–water partition coefficient (Wildman–Crippen LogP) is 1.99. The zero-order valence-corrected chi connectivity index (χ0v) is 13.6. The molecule has 0 spiro atoms. The van der Waals surface area contributed by atoms with E-state index in [4.69, 9.17) is 4.74 Å². The highest BCUT2D eigenvalue weighted by Gasteiger charge is 2.27. The minimum atomic E-state index is -0.764. The molecule has 6 nitrogen and oxygen atoms in total. The van der Waals surface area contributed by atoms with Gasteiger partial charge < -0.3 is 10.1 Å². The Kier molecular flexibility index (Phi) is 4.58. The van der Waals surface area contributed by atoms with Crippen molar-refractivity contribution in [2.45, 2.75) is 36.9 Å². The van der Waals surface area contributed by atoms with Gasteiger partial charge in [-0.15, -0.1) is 11.3 Å². The Bertz CT molecular complexity index is 699. The standard InChI is InChI=1S/C14H15N3O3S2/c1-8(12(19)17-9-2-3-9)20-11(18)6-22-14-10-4-5-21-13(10)15-7-16-14/h4-5,7-9H,2-3,6H2,1H3,(H,17,19)/t8-/m0/s1. The van der Waals surface area contributed by atoms with E-state index in [1.165, 1.54) is 29.4 Å². The van der Waals surface area contributed by atoms with Gasteiger partial charge in [-0.3, -0.25) is 9.59 Å². The maximum absolute atomic E-state index is 11.8. The van der Waals surface area contributed by atoms with Gasteiger partial charge in [-0.25, -0.2) is 9.97 Å². The molecule has 1 fully saturated rings. The number of carbonyl (C=O) groups is 2. The van der Waals surface area contributed by atoms with Crippen molar-refractivity contribution in [3.05, 3.63) is 17.8 Å². The van der Waals surface area contributed by atoms with E-state index in [1.54, 1.807) is 6.92 Å². The lowest BCUT2D eigenvalue weighted by atomic mass is 10.3. The van der Waals surface area contributed by atoms with Crippen LogP contribution in [0.4, 0.5) is 0 Å². The van der Waals surface area contributed by atoms with Crippen molar-refractivity contribution >= 4 is 45.2 Å². The second-order valence-electron chi connectivity index (χ2n) is 5.02. The van der Waals surface area contributed by atoms with Gasteiger partial charge in [0, 0.05) is 11.4 Å². The number of nitrogens with zero attached hydrogens (tertiary/aromatic N) is 2. The maximum atomic E-state index is 11.8. The van der Waals surface area contributed by atoms with Crippen molar-refractivity contribution in [2.75, 3.05) is 5.75 Å². The summed E-state index contributed by atoms with van der Waals surface area (Å²) in [4.78, 5) is 32.8. The summed E-state index contributed by atoms with van der Waals surface area (Å²) in [6.07, 6.45) is 2.73. The SMILES string of the molecule is C[C@H](OC(=O)CSc1ncnc2sccc12)C(=O)NC1CC1. The molecule has 0 unspecified atom stereocenters. The summed E-state index contributed by atoms with van der Waals surface area (Å²) in [6, 6.07) is 2.19. The van der Waals surface area contributed by atoms with E-state index in [0.29, 0.717) is 0 Å². The number of ether oxygens (including phenoxy) is 1. The van der Waals surface area contributed by atoms with Crippen LogP contribution in [0.15, 0.2) is 22.8 Å². The van der Waals surface area contributed by atoms with Crippen LogP contribution in [0.25, 0.3) is 10.2 Å². The lowest BCUT2D eigenvalue weighted by Gasteiger charge is -2.12. The number of esters is 1. The molecule has 1 aliphatic rings. The number of aromatic nitrogens is 2. The number of rotatable bonds is 6. The zero-order chi connectivity index (χ0) is 15.5. The van der Waals surface area contributed by atoms with Crippen LogP contribution in [-0.2, 0) is 14.3 Å². The molecular weight excluding hydrogens is 322 g/mol. The zero-order valence-electron chi connectivity index (χ0n) is 11.9. The van der Waals surface area contributed by atoms with Gasteiger partial charge in [0.05, 0.1) is 5.75 Å². The summed E-state index contributed by atoms with van der Waals surface area (Å²) in [7, 11) is 0. The number of amides is 1. The number of nitrogens with one attached hydrogen (secondary N) is 1. The first-order valence-electron chi connectivity index (χ1n) is 6.94. The van der Waals surface area contributed by atoms with Gasteiger partial charge >= 0.3 is 5.97 Å². The Labute approximate surface area is 135 Å². The summed E-state index contributed by atoms with van der Waals surface area (Å²) >= 11 is 2.82. The molecule has 0 aliphatic heterocycles. The summed E-state index contributed by atoms with van der Waals surface area (Å²) in [5.74, 6) is -0.545. The summed E-state index contributed by atoms with van der Waals surface area (Å²) in [5.41, 5.74) is 0. The molecule has 1 saturated carbocycles. The number of thiophene rings is 1. The number of fused-ring (bicyclic) bond motifs is 1. The van der Waals surface area contributed by atoms with Crippen molar-refractivity contribution in [3.8, 4) is 0 Å². The third-order valence-corrected chi connectivity index (χ3v) is 4.95. The number of hydrogen-bond donors (Lipinski definition) is 1. The molecule has 22 heavy (non-hydrogen) atoms. The molecule has 8 heteroatoms. The summed E-state index contributed by atoms with van der Waals surface area (Å²) in [5, 5.41) is 6.43. The summed E-state index contributed by atoms with van der Waals surface area (Å²) < 4.78 is 5.14. The van der Waals surface area contributed by atoms with E-state index >= 15 is 0 Å². The van der Waals surface area contributed by atoms with Crippen molar-refractivity contribution in [1.82, 2.24) is 15.3 Å². The van der Waals surface area contributed by atoms with Crippen LogP contribution < -0.4 is 5.32 Å². The monoisotopic (exact) mass is 337 g/mol. The highest BCUT2D eigenvalue weighted by atomic mass is 32.2. The second kappa shape index (κ2) is 6.62. The van der Waals surface area contributed by atoms with Crippen LogP contribution in [0.2, 0.25) is 0 Å². The Morgan fingerprint density at radius 1 is 1.50 bits per heavy atom. The van der Waals surface area contributed by atoms with Gasteiger partial charge in [0.25, 0.3) is 5.91 Å². The highest BCUT2D eigenvalue weighted by Crippen LogP contribution is 2.27. The number of hydrogen-bond acceptors (Lipinski definition) is 7. The fraction of sp³-hybridized carbons (Fsp3) is 0.429. The van der Waals surface area contributed by atoms with E-state index in [1.807, 2.05) is 11.4 Å². The van der Waals surface area contributed by atoms with Gasteiger partial charge in [0.15, 0.2) is 6.10 Å². The average molecular weight is 337 g/mol. The average Bonchev–Trinajstić information content (AvgIpc) is 3.17. The fourth-order valence-electron chi connectivity index (χ4n) is 1.84. The van der Waals surface area contributed by atoms with E-state index in [-0.39, 0.29) is 17.7 Å². The molecule has 3 rings (SSSR count). The predicted molar refractivity (Wildman–Crippen MR) is 84.9 cm³/mol.